The molecule has 0 atom stereocenters. The van der Waals surface area contributed by atoms with E-state index in [9.17, 15) is 4.79 Å². The highest BCUT2D eigenvalue weighted by Crippen LogP contribution is 2.33. The number of imidazole rings is 1. The zero-order valence-electron chi connectivity index (χ0n) is 9.56. The van der Waals surface area contributed by atoms with Crippen LogP contribution in [0.2, 0.25) is 0 Å². The molecule has 0 radical (unpaired) electrons. The molecule has 1 aromatic carbocycles. The van der Waals surface area contributed by atoms with Gasteiger partial charge in [-0.15, -0.1) is 11.8 Å². The van der Waals surface area contributed by atoms with Crippen molar-refractivity contribution < 1.29 is 4.79 Å². The molecule has 0 saturated carbocycles. The Morgan fingerprint density at radius 2 is 2.39 bits per heavy atom. The summed E-state index contributed by atoms with van der Waals surface area (Å²) in [4.78, 5) is 19.6. The maximum Gasteiger partial charge on any atom is 0.234 e. The number of rotatable bonds is 3. The van der Waals surface area contributed by atoms with Crippen LogP contribution in [0.25, 0.3) is 0 Å². The Kier molecular flexibility index (Phi) is 2.93. The van der Waals surface area contributed by atoms with E-state index in [1.54, 1.807) is 24.2 Å². The van der Waals surface area contributed by atoms with Crippen molar-refractivity contribution >= 4 is 29.0 Å². The summed E-state index contributed by atoms with van der Waals surface area (Å²) < 4.78 is 0. The number of H-pyrrole nitrogens is 1. The van der Waals surface area contributed by atoms with Gasteiger partial charge < -0.3 is 15.6 Å². The van der Waals surface area contributed by atoms with Gasteiger partial charge in [-0.05, 0) is 18.2 Å². The van der Waals surface area contributed by atoms with Crippen LogP contribution in [0, 0.1) is 0 Å². The number of nitrogens with one attached hydrogen (secondary N) is 3. The zero-order chi connectivity index (χ0) is 12.4. The predicted octanol–water partition coefficient (Wildman–Crippen LogP) is 2.07. The molecule has 1 aromatic heterocycles. The van der Waals surface area contributed by atoms with Gasteiger partial charge in [0.15, 0.2) is 0 Å². The van der Waals surface area contributed by atoms with Crippen molar-refractivity contribution in [3.63, 3.8) is 0 Å². The second-order valence-corrected chi connectivity index (χ2v) is 4.95. The summed E-state index contributed by atoms with van der Waals surface area (Å²) in [7, 11) is 0. The quantitative estimate of drug-likeness (QED) is 0.790. The molecule has 2 aromatic rings. The Labute approximate surface area is 108 Å². The fraction of sp³-hybridized carbons (Fsp3) is 0.167. The highest BCUT2D eigenvalue weighted by Gasteiger charge is 2.15. The van der Waals surface area contributed by atoms with Crippen molar-refractivity contribution in [3.8, 4) is 0 Å². The Bertz CT molecular complexity index is 567. The highest BCUT2D eigenvalue weighted by atomic mass is 32.2. The Morgan fingerprint density at radius 3 is 3.22 bits per heavy atom. The third kappa shape index (κ3) is 2.33. The number of amides is 1. The minimum atomic E-state index is 0.0516. The number of nitrogens with zero attached hydrogens (tertiary/aromatic N) is 1. The third-order valence-electron chi connectivity index (χ3n) is 2.63. The Hall–Kier alpha value is -1.95. The molecule has 1 amide bonds. The van der Waals surface area contributed by atoms with Gasteiger partial charge in [-0.1, -0.05) is 0 Å². The molecule has 3 N–H and O–H groups in total. The lowest BCUT2D eigenvalue weighted by Gasteiger charge is -2.17. The van der Waals surface area contributed by atoms with Crippen molar-refractivity contribution in [2.24, 2.45) is 0 Å². The number of thioether (sulfide) groups is 1. The van der Waals surface area contributed by atoms with Crippen LogP contribution in [0.1, 0.15) is 5.82 Å². The normalized spacial score (nSPS) is 13.9. The molecule has 1 aliphatic heterocycles. The van der Waals surface area contributed by atoms with Gasteiger partial charge in [0.25, 0.3) is 0 Å². The maximum absolute atomic E-state index is 11.3. The predicted molar refractivity (Wildman–Crippen MR) is 71.7 cm³/mol. The molecule has 0 unspecified atom stereocenters. The lowest BCUT2D eigenvalue weighted by Crippen LogP contribution is -2.18. The number of anilines is 2. The molecule has 0 fully saturated rings. The first kappa shape index (κ1) is 11.2. The van der Waals surface area contributed by atoms with Crippen LogP contribution < -0.4 is 10.6 Å². The van der Waals surface area contributed by atoms with E-state index < -0.39 is 0 Å². The molecule has 18 heavy (non-hydrogen) atoms. The first-order valence-corrected chi connectivity index (χ1v) is 6.59. The molecule has 3 rings (SSSR count). The monoisotopic (exact) mass is 260 g/mol. The summed E-state index contributed by atoms with van der Waals surface area (Å²) in [6.07, 6.45) is 3.52. The summed E-state index contributed by atoms with van der Waals surface area (Å²) in [5.74, 6) is 1.42. The maximum atomic E-state index is 11.3. The molecule has 92 valence electrons. The number of hydrogen-bond donors (Lipinski definition) is 3. The highest BCUT2D eigenvalue weighted by molar-refractivity contribution is 8.00. The molecular weight excluding hydrogens is 248 g/mol. The molecule has 1 aliphatic rings. The smallest absolute Gasteiger partial charge is 0.234 e. The van der Waals surface area contributed by atoms with Crippen molar-refractivity contribution in [2.45, 2.75) is 11.4 Å². The van der Waals surface area contributed by atoms with Crippen LogP contribution >= 0.6 is 11.8 Å². The van der Waals surface area contributed by atoms with E-state index in [2.05, 4.69) is 20.6 Å². The second-order valence-electron chi connectivity index (χ2n) is 3.94. The molecule has 0 bridgehead atoms. The van der Waals surface area contributed by atoms with Crippen LogP contribution in [0.5, 0.6) is 0 Å². The van der Waals surface area contributed by atoms with Crippen molar-refractivity contribution in [1.82, 2.24) is 9.97 Å². The molecular formula is C12H12N4OS. The first-order valence-electron chi connectivity index (χ1n) is 5.60. The second kappa shape index (κ2) is 4.73. The lowest BCUT2D eigenvalue weighted by atomic mass is 10.2. The number of hydrogen-bond acceptors (Lipinski definition) is 4. The largest absolute Gasteiger partial charge is 0.378 e. The minimum Gasteiger partial charge on any atom is -0.378 e. The third-order valence-corrected chi connectivity index (χ3v) is 3.70. The fourth-order valence-electron chi connectivity index (χ4n) is 1.77. The summed E-state index contributed by atoms with van der Waals surface area (Å²) in [6.45, 7) is 0.632. The molecule has 0 spiro atoms. The number of fused-ring (bicyclic) bond motifs is 1. The van der Waals surface area contributed by atoms with Gasteiger partial charge in [0.1, 0.15) is 5.82 Å². The molecule has 0 saturated heterocycles. The zero-order valence-corrected chi connectivity index (χ0v) is 10.4. The van der Waals surface area contributed by atoms with Gasteiger partial charge in [-0.3, -0.25) is 4.79 Å². The van der Waals surface area contributed by atoms with Crippen LogP contribution in [0.15, 0.2) is 35.5 Å². The Balaban J connectivity index is 1.73. The van der Waals surface area contributed by atoms with E-state index in [1.165, 1.54) is 0 Å². The minimum absolute atomic E-state index is 0.0516. The summed E-state index contributed by atoms with van der Waals surface area (Å²) >= 11 is 1.56. The number of aromatic amines is 1. The van der Waals surface area contributed by atoms with Crippen LogP contribution in [-0.4, -0.2) is 21.6 Å². The van der Waals surface area contributed by atoms with Gasteiger partial charge in [-0.25, -0.2) is 4.98 Å². The molecule has 0 aliphatic carbocycles. The van der Waals surface area contributed by atoms with Crippen molar-refractivity contribution in [3.05, 3.63) is 36.4 Å². The topological polar surface area (TPSA) is 69.8 Å². The van der Waals surface area contributed by atoms with Crippen LogP contribution in [0.3, 0.4) is 0 Å². The number of benzene rings is 1. The van der Waals surface area contributed by atoms with Gasteiger partial charge in [0, 0.05) is 23.0 Å². The Morgan fingerprint density at radius 1 is 1.44 bits per heavy atom. The SMILES string of the molecule is O=C1CSc2ccc(NCc3ncc[nH]3)cc2N1. The van der Waals surface area contributed by atoms with E-state index in [1.807, 2.05) is 18.2 Å². The van der Waals surface area contributed by atoms with E-state index >= 15 is 0 Å². The van der Waals surface area contributed by atoms with Crippen molar-refractivity contribution in [1.29, 1.82) is 0 Å². The van der Waals surface area contributed by atoms with E-state index in [0.717, 1.165) is 22.1 Å². The van der Waals surface area contributed by atoms with Gasteiger partial charge in [0.2, 0.25) is 5.91 Å². The average molecular weight is 260 g/mol. The van der Waals surface area contributed by atoms with E-state index in [0.29, 0.717) is 12.3 Å². The summed E-state index contributed by atoms with van der Waals surface area (Å²) in [5.41, 5.74) is 1.84. The number of carbonyl (C=O) groups is 1. The van der Waals surface area contributed by atoms with Gasteiger partial charge >= 0.3 is 0 Å². The van der Waals surface area contributed by atoms with Crippen molar-refractivity contribution in [2.75, 3.05) is 16.4 Å². The number of carbonyl (C=O) groups excluding carboxylic acids is 1. The fourth-order valence-corrected chi connectivity index (χ4v) is 2.56. The van der Waals surface area contributed by atoms with Crippen LogP contribution in [0.4, 0.5) is 11.4 Å². The van der Waals surface area contributed by atoms with Gasteiger partial charge in [-0.2, -0.15) is 0 Å². The number of aromatic nitrogens is 2. The van der Waals surface area contributed by atoms with E-state index in [4.69, 9.17) is 0 Å². The average Bonchev–Trinajstić information content (AvgIpc) is 2.89. The van der Waals surface area contributed by atoms with Crippen LogP contribution in [-0.2, 0) is 11.3 Å². The van der Waals surface area contributed by atoms with E-state index in [-0.39, 0.29) is 5.91 Å². The standard InChI is InChI=1S/C12H12N4OS/c17-12-7-18-10-2-1-8(5-9(10)16-12)15-6-11-13-3-4-14-11/h1-5,15H,6-7H2,(H,13,14)(H,16,17). The molecule has 5 nitrogen and oxygen atoms in total. The van der Waals surface area contributed by atoms with Gasteiger partial charge in [0.05, 0.1) is 18.0 Å². The molecule has 2 heterocycles. The summed E-state index contributed by atoms with van der Waals surface area (Å²) in [5, 5.41) is 6.13. The summed E-state index contributed by atoms with van der Waals surface area (Å²) in [6, 6.07) is 5.97. The lowest BCUT2D eigenvalue weighted by molar-refractivity contribution is -0.113. The first-order chi connectivity index (χ1) is 8.81. The molecule has 6 heteroatoms.